The van der Waals surface area contributed by atoms with Crippen LogP contribution in [0.15, 0.2) is 35.2 Å². The number of fused-ring (bicyclic) bond motifs is 1. The normalized spacial score (nSPS) is 16.0. The van der Waals surface area contributed by atoms with Gasteiger partial charge in [0.2, 0.25) is 10.0 Å². The number of halogens is 2. The van der Waals surface area contributed by atoms with E-state index in [0.717, 1.165) is 6.07 Å². The molecule has 0 saturated carbocycles. The van der Waals surface area contributed by atoms with E-state index in [0.29, 0.717) is 11.3 Å². The van der Waals surface area contributed by atoms with Gasteiger partial charge in [0.05, 0.1) is 10.0 Å². The highest BCUT2D eigenvalue weighted by Crippen LogP contribution is 2.35. The van der Waals surface area contributed by atoms with Gasteiger partial charge in [-0.1, -0.05) is 23.2 Å². The number of hydrogen-bond acceptors (Lipinski definition) is 5. The Morgan fingerprint density at radius 2 is 1.85 bits per heavy atom. The molecule has 136 valence electrons. The molecule has 0 aromatic heterocycles. The topological polar surface area (TPSA) is 124 Å². The number of hydrogen-bond donors (Lipinski definition) is 2. The number of ketones is 1. The number of aliphatic carboxylic acids is 1. The smallest absolute Gasteiger partial charge is 0.345 e. The number of sulfonamides is 1. The molecule has 3 rings (SSSR count). The fourth-order valence-electron chi connectivity index (χ4n) is 2.59. The molecule has 0 fully saturated rings. The van der Waals surface area contributed by atoms with Gasteiger partial charge in [0.1, 0.15) is 10.6 Å². The van der Waals surface area contributed by atoms with Crippen molar-refractivity contribution in [2.24, 2.45) is 5.14 Å². The van der Waals surface area contributed by atoms with Crippen molar-refractivity contribution in [3.05, 3.63) is 57.1 Å². The molecule has 10 heteroatoms. The van der Waals surface area contributed by atoms with E-state index in [9.17, 15) is 18.0 Å². The lowest BCUT2D eigenvalue weighted by Crippen LogP contribution is -2.24. The van der Waals surface area contributed by atoms with Crippen molar-refractivity contribution in [2.75, 3.05) is 0 Å². The van der Waals surface area contributed by atoms with Crippen molar-refractivity contribution in [3.63, 3.8) is 0 Å². The van der Waals surface area contributed by atoms with Crippen LogP contribution in [-0.4, -0.2) is 31.4 Å². The van der Waals surface area contributed by atoms with Gasteiger partial charge in [0.15, 0.2) is 11.9 Å². The van der Waals surface area contributed by atoms with Gasteiger partial charge in [-0.25, -0.2) is 18.4 Å². The second-order valence-electron chi connectivity index (χ2n) is 5.61. The van der Waals surface area contributed by atoms with Crippen LogP contribution in [0.4, 0.5) is 0 Å². The monoisotopic (exact) mass is 415 g/mol. The van der Waals surface area contributed by atoms with Crippen molar-refractivity contribution >= 4 is 45.0 Å². The minimum absolute atomic E-state index is 0.0222. The van der Waals surface area contributed by atoms with Crippen LogP contribution in [0.5, 0.6) is 5.75 Å². The number of carbonyl (C=O) groups is 2. The quantitative estimate of drug-likeness (QED) is 0.737. The molecule has 0 aliphatic carbocycles. The fourth-order valence-corrected chi connectivity index (χ4v) is 3.90. The minimum atomic E-state index is -4.11. The number of primary sulfonamides is 1. The first-order valence-electron chi connectivity index (χ1n) is 7.17. The van der Waals surface area contributed by atoms with E-state index in [4.69, 9.17) is 38.2 Å². The molecular weight excluding hydrogens is 405 g/mol. The molecule has 7 nitrogen and oxygen atoms in total. The molecule has 1 atom stereocenters. The number of carboxylic acid groups (broad SMARTS) is 1. The van der Waals surface area contributed by atoms with Crippen molar-refractivity contribution in [2.45, 2.75) is 17.4 Å². The number of carbonyl (C=O) groups excluding carboxylic acids is 1. The summed E-state index contributed by atoms with van der Waals surface area (Å²) >= 11 is 11.9. The average molecular weight is 416 g/mol. The van der Waals surface area contributed by atoms with Gasteiger partial charge >= 0.3 is 5.97 Å². The Morgan fingerprint density at radius 3 is 2.46 bits per heavy atom. The molecule has 2 aromatic rings. The van der Waals surface area contributed by atoms with E-state index in [2.05, 4.69) is 0 Å². The second-order valence-corrected chi connectivity index (χ2v) is 7.95. The van der Waals surface area contributed by atoms with Gasteiger partial charge in [0.25, 0.3) is 0 Å². The summed E-state index contributed by atoms with van der Waals surface area (Å²) in [7, 11) is -4.11. The highest BCUT2D eigenvalue weighted by atomic mass is 35.5. The van der Waals surface area contributed by atoms with Crippen LogP contribution in [0, 0.1) is 0 Å². The molecule has 0 radical (unpaired) electrons. The van der Waals surface area contributed by atoms with Crippen LogP contribution >= 0.6 is 23.2 Å². The average Bonchev–Trinajstić information content (AvgIpc) is 2.96. The van der Waals surface area contributed by atoms with Crippen LogP contribution in [-0.2, 0) is 21.2 Å². The van der Waals surface area contributed by atoms with Crippen LogP contribution < -0.4 is 9.88 Å². The predicted octanol–water partition coefficient (Wildman–Crippen LogP) is 2.26. The Kier molecular flexibility index (Phi) is 4.70. The van der Waals surface area contributed by atoms with Crippen LogP contribution in [0.3, 0.4) is 0 Å². The van der Waals surface area contributed by atoms with Gasteiger partial charge < -0.3 is 9.84 Å². The lowest BCUT2D eigenvalue weighted by atomic mass is 9.99. The first-order valence-corrected chi connectivity index (χ1v) is 9.47. The van der Waals surface area contributed by atoms with Crippen molar-refractivity contribution in [1.29, 1.82) is 0 Å². The summed E-state index contributed by atoms with van der Waals surface area (Å²) < 4.78 is 28.4. The Bertz CT molecular complexity index is 1050. The third-order valence-electron chi connectivity index (χ3n) is 3.84. The lowest BCUT2D eigenvalue weighted by Gasteiger charge is -2.09. The molecule has 0 bridgehead atoms. The Morgan fingerprint density at radius 1 is 1.15 bits per heavy atom. The van der Waals surface area contributed by atoms with Gasteiger partial charge in [-0.3, -0.25) is 4.79 Å². The maximum Gasteiger partial charge on any atom is 0.345 e. The largest absolute Gasteiger partial charge is 0.478 e. The summed E-state index contributed by atoms with van der Waals surface area (Å²) in [5.74, 6) is -1.39. The Hall–Kier alpha value is -2.13. The molecule has 3 N–H and O–H groups in total. The molecule has 1 aliphatic heterocycles. The number of benzene rings is 2. The minimum Gasteiger partial charge on any atom is -0.478 e. The van der Waals surface area contributed by atoms with Crippen molar-refractivity contribution in [3.8, 4) is 5.75 Å². The van der Waals surface area contributed by atoms with Crippen molar-refractivity contribution in [1.82, 2.24) is 0 Å². The number of nitrogens with two attached hydrogens (primary N) is 1. The SMILES string of the molecule is NS(=O)(=O)c1cc(C(=O)c2cc3c(cc2Cl)OC(C(=O)O)C3)ccc1Cl. The first kappa shape index (κ1) is 18.7. The fraction of sp³-hybridized carbons (Fsp3) is 0.125. The Labute approximate surface area is 158 Å². The zero-order valence-electron chi connectivity index (χ0n) is 12.9. The molecule has 26 heavy (non-hydrogen) atoms. The van der Waals surface area contributed by atoms with Gasteiger partial charge in [0, 0.05) is 17.5 Å². The summed E-state index contributed by atoms with van der Waals surface area (Å²) in [5, 5.41) is 14.1. The highest BCUT2D eigenvalue weighted by Gasteiger charge is 2.31. The third kappa shape index (κ3) is 3.41. The maximum atomic E-state index is 12.8. The second kappa shape index (κ2) is 6.55. The van der Waals surface area contributed by atoms with E-state index >= 15 is 0 Å². The molecule has 1 heterocycles. The molecule has 0 spiro atoms. The molecule has 0 amide bonds. The summed E-state index contributed by atoms with van der Waals surface area (Å²) in [4.78, 5) is 23.4. The van der Waals surface area contributed by atoms with Gasteiger partial charge in [-0.15, -0.1) is 0 Å². The third-order valence-corrected chi connectivity index (χ3v) is 5.55. The van der Waals surface area contributed by atoms with Gasteiger partial charge in [-0.2, -0.15) is 0 Å². The predicted molar refractivity (Wildman–Crippen MR) is 93.5 cm³/mol. The Balaban J connectivity index is 2.03. The molecule has 1 unspecified atom stereocenters. The van der Waals surface area contributed by atoms with Gasteiger partial charge in [-0.05, 0) is 35.9 Å². The molecular formula is C16H11Cl2NO6S. The van der Waals surface area contributed by atoms with Crippen LogP contribution in [0.2, 0.25) is 10.0 Å². The first-order chi connectivity index (χ1) is 12.1. The summed E-state index contributed by atoms with van der Waals surface area (Å²) in [6.45, 7) is 0. The van der Waals surface area contributed by atoms with E-state index in [1.54, 1.807) is 0 Å². The molecule has 0 saturated heterocycles. The van der Waals surface area contributed by atoms with Crippen molar-refractivity contribution < 1.29 is 27.9 Å². The zero-order valence-corrected chi connectivity index (χ0v) is 15.2. The van der Waals surface area contributed by atoms with Crippen LogP contribution in [0.25, 0.3) is 0 Å². The highest BCUT2D eigenvalue weighted by molar-refractivity contribution is 7.89. The van der Waals surface area contributed by atoms with E-state index in [-0.39, 0.29) is 32.5 Å². The zero-order chi connectivity index (χ0) is 19.2. The number of ether oxygens (including phenoxy) is 1. The summed E-state index contributed by atoms with van der Waals surface area (Å²) in [6.07, 6.45) is -0.957. The van der Waals surface area contributed by atoms with E-state index in [1.165, 1.54) is 24.3 Å². The maximum absolute atomic E-state index is 12.8. The number of carboxylic acids is 1. The number of rotatable bonds is 4. The summed E-state index contributed by atoms with van der Waals surface area (Å²) in [5.41, 5.74) is 0.627. The summed E-state index contributed by atoms with van der Waals surface area (Å²) in [6, 6.07) is 6.47. The van der Waals surface area contributed by atoms with E-state index in [1.807, 2.05) is 0 Å². The molecule has 1 aliphatic rings. The lowest BCUT2D eigenvalue weighted by molar-refractivity contribution is -0.144. The van der Waals surface area contributed by atoms with E-state index < -0.39 is 27.9 Å². The standard InChI is InChI=1S/C16H11Cl2NO6S/c17-10-2-1-7(5-14(10)26(19,23)24)15(20)9-3-8-4-13(16(21)22)25-12(8)6-11(9)18/h1-3,5-6,13H,4H2,(H,21,22)(H2,19,23,24). The molecule has 2 aromatic carbocycles. The van der Waals surface area contributed by atoms with Crippen LogP contribution in [0.1, 0.15) is 21.5 Å².